The average molecular weight is 494 g/mol. The Hall–Kier alpha value is -5.06. The number of nitrogens with zero attached hydrogens (tertiary/aromatic N) is 6. The molecule has 182 valence electrons. The van der Waals surface area contributed by atoms with Crippen molar-refractivity contribution in [3.8, 4) is 33.9 Å². The number of halogens is 1. The lowest BCUT2D eigenvalue weighted by atomic mass is 10.1. The molecular formula is C26H20FN9O. The number of pyridine rings is 4. The second-order valence-electron chi connectivity index (χ2n) is 8.42. The van der Waals surface area contributed by atoms with Gasteiger partial charge in [-0.2, -0.15) is 5.10 Å². The van der Waals surface area contributed by atoms with E-state index in [9.17, 15) is 4.79 Å². The third-order valence-corrected chi connectivity index (χ3v) is 5.91. The minimum absolute atomic E-state index is 0.127. The van der Waals surface area contributed by atoms with Gasteiger partial charge in [-0.05, 0) is 30.7 Å². The van der Waals surface area contributed by atoms with E-state index in [1.165, 1.54) is 18.6 Å². The van der Waals surface area contributed by atoms with Crippen LogP contribution in [0, 0.1) is 5.82 Å². The van der Waals surface area contributed by atoms with E-state index in [1.54, 1.807) is 30.7 Å². The van der Waals surface area contributed by atoms with Crippen molar-refractivity contribution in [1.29, 1.82) is 0 Å². The number of carbonyl (C=O) groups excluding carboxylic acids is 1. The number of imidazole rings is 1. The molecular weight excluding hydrogens is 473 g/mol. The molecule has 6 heterocycles. The fourth-order valence-corrected chi connectivity index (χ4v) is 4.20. The number of hydrogen-bond donors (Lipinski definition) is 3. The first-order valence-electron chi connectivity index (χ1n) is 11.7. The zero-order valence-electron chi connectivity index (χ0n) is 19.7. The monoisotopic (exact) mass is 493 g/mol. The molecule has 1 amide bonds. The smallest absolute Gasteiger partial charge is 0.224 e. The number of carbonyl (C=O) groups is 1. The largest absolute Gasteiger partial charge is 0.336 e. The van der Waals surface area contributed by atoms with Gasteiger partial charge in [0.2, 0.25) is 5.91 Å². The van der Waals surface area contributed by atoms with Crippen LogP contribution < -0.4 is 5.32 Å². The highest BCUT2D eigenvalue weighted by Gasteiger charge is 2.21. The van der Waals surface area contributed by atoms with E-state index in [0.29, 0.717) is 40.4 Å². The summed E-state index contributed by atoms with van der Waals surface area (Å²) in [5.74, 6) is -0.278. The molecule has 0 saturated heterocycles. The SMILES string of the molecule is CCCC(=O)Nc1cncc(-c2cnc3[nH]nc(-c4nc5c(-c6ccncc6)nccc5[nH]4)c3c2F)c1. The molecule has 11 heteroatoms. The van der Waals surface area contributed by atoms with Crippen LogP contribution in [0.1, 0.15) is 19.8 Å². The van der Waals surface area contributed by atoms with Crippen LogP contribution in [0.15, 0.2) is 61.4 Å². The Labute approximate surface area is 209 Å². The van der Waals surface area contributed by atoms with Crippen molar-refractivity contribution in [2.45, 2.75) is 19.8 Å². The topological polar surface area (TPSA) is 138 Å². The Morgan fingerprint density at radius 3 is 2.70 bits per heavy atom. The molecule has 0 bridgehead atoms. The van der Waals surface area contributed by atoms with Gasteiger partial charge in [-0.1, -0.05) is 6.92 Å². The maximum Gasteiger partial charge on any atom is 0.224 e. The van der Waals surface area contributed by atoms with Gasteiger partial charge in [-0.25, -0.2) is 14.4 Å². The number of amides is 1. The molecule has 0 saturated carbocycles. The van der Waals surface area contributed by atoms with Gasteiger partial charge in [-0.15, -0.1) is 0 Å². The second kappa shape index (κ2) is 9.19. The zero-order chi connectivity index (χ0) is 25.4. The van der Waals surface area contributed by atoms with Gasteiger partial charge in [0.1, 0.15) is 17.0 Å². The van der Waals surface area contributed by atoms with E-state index in [0.717, 1.165) is 17.5 Å². The summed E-state index contributed by atoms with van der Waals surface area (Å²) in [6.07, 6.45) is 10.6. The quantitative estimate of drug-likeness (QED) is 0.300. The Kier molecular flexibility index (Phi) is 5.56. The first kappa shape index (κ1) is 22.4. The minimum atomic E-state index is -0.527. The van der Waals surface area contributed by atoms with Gasteiger partial charge >= 0.3 is 0 Å². The lowest BCUT2D eigenvalue weighted by Gasteiger charge is -2.08. The zero-order valence-corrected chi connectivity index (χ0v) is 19.7. The minimum Gasteiger partial charge on any atom is -0.336 e. The molecule has 37 heavy (non-hydrogen) atoms. The van der Waals surface area contributed by atoms with Crippen molar-refractivity contribution in [3.63, 3.8) is 0 Å². The average Bonchev–Trinajstić information content (AvgIpc) is 3.54. The number of aromatic nitrogens is 8. The number of nitrogens with one attached hydrogen (secondary N) is 3. The molecule has 0 atom stereocenters. The van der Waals surface area contributed by atoms with E-state index >= 15 is 4.39 Å². The number of hydrogen-bond acceptors (Lipinski definition) is 7. The second-order valence-corrected chi connectivity index (χ2v) is 8.42. The van der Waals surface area contributed by atoms with Crippen LogP contribution in [-0.4, -0.2) is 46.0 Å². The summed E-state index contributed by atoms with van der Waals surface area (Å²) >= 11 is 0. The summed E-state index contributed by atoms with van der Waals surface area (Å²) in [4.78, 5) is 37.0. The molecule has 0 spiro atoms. The molecule has 3 N–H and O–H groups in total. The fourth-order valence-electron chi connectivity index (χ4n) is 4.20. The van der Waals surface area contributed by atoms with Crippen LogP contribution in [0.3, 0.4) is 0 Å². The van der Waals surface area contributed by atoms with Gasteiger partial charge in [0, 0.05) is 54.1 Å². The highest BCUT2D eigenvalue weighted by molar-refractivity contribution is 5.97. The van der Waals surface area contributed by atoms with Gasteiger partial charge in [0.25, 0.3) is 0 Å². The molecule has 0 unspecified atom stereocenters. The predicted octanol–water partition coefficient (Wildman–Crippen LogP) is 4.90. The van der Waals surface area contributed by atoms with E-state index < -0.39 is 5.82 Å². The van der Waals surface area contributed by atoms with Crippen LogP contribution in [0.5, 0.6) is 0 Å². The molecule has 6 aromatic rings. The summed E-state index contributed by atoms with van der Waals surface area (Å²) in [5, 5.41) is 10.1. The number of rotatable bonds is 6. The van der Waals surface area contributed by atoms with Gasteiger partial charge in [-0.3, -0.25) is 24.8 Å². The number of fused-ring (bicyclic) bond motifs is 2. The van der Waals surface area contributed by atoms with Crippen LogP contribution in [0.2, 0.25) is 0 Å². The van der Waals surface area contributed by atoms with E-state index in [4.69, 9.17) is 4.98 Å². The van der Waals surface area contributed by atoms with Crippen LogP contribution in [0.4, 0.5) is 10.1 Å². The van der Waals surface area contributed by atoms with Crippen LogP contribution in [-0.2, 0) is 4.79 Å². The van der Waals surface area contributed by atoms with Gasteiger partial charge in [0.15, 0.2) is 11.5 Å². The maximum absolute atomic E-state index is 16.0. The summed E-state index contributed by atoms with van der Waals surface area (Å²) in [6, 6.07) is 7.17. The molecule has 6 rings (SSSR count). The maximum atomic E-state index is 16.0. The number of H-pyrrole nitrogens is 2. The van der Waals surface area contributed by atoms with Gasteiger partial charge in [0.05, 0.1) is 28.5 Å². The third-order valence-electron chi connectivity index (χ3n) is 5.91. The molecule has 10 nitrogen and oxygen atoms in total. The highest BCUT2D eigenvalue weighted by Crippen LogP contribution is 2.34. The molecule has 0 radical (unpaired) electrons. The summed E-state index contributed by atoms with van der Waals surface area (Å²) < 4.78 is 16.0. The lowest BCUT2D eigenvalue weighted by molar-refractivity contribution is -0.116. The van der Waals surface area contributed by atoms with E-state index in [1.807, 2.05) is 19.1 Å². The van der Waals surface area contributed by atoms with Crippen LogP contribution >= 0.6 is 0 Å². The first-order valence-corrected chi connectivity index (χ1v) is 11.7. The van der Waals surface area contributed by atoms with Crippen molar-refractivity contribution in [2.75, 3.05) is 5.32 Å². The Bertz CT molecular complexity index is 1760. The van der Waals surface area contributed by atoms with Crippen molar-refractivity contribution in [2.24, 2.45) is 0 Å². The van der Waals surface area contributed by atoms with Crippen molar-refractivity contribution in [1.82, 2.24) is 40.1 Å². The Morgan fingerprint density at radius 2 is 1.86 bits per heavy atom. The van der Waals surface area contributed by atoms with E-state index in [2.05, 4.69) is 40.4 Å². The number of aromatic amines is 2. The molecule has 6 aromatic heterocycles. The van der Waals surface area contributed by atoms with Gasteiger partial charge < -0.3 is 10.3 Å². The molecule has 0 aliphatic heterocycles. The predicted molar refractivity (Wildman–Crippen MR) is 137 cm³/mol. The molecule has 0 aliphatic carbocycles. The summed E-state index contributed by atoms with van der Waals surface area (Å²) in [6.45, 7) is 1.92. The molecule has 0 fully saturated rings. The standard InChI is InChI=1S/C26H20FN9O/c1-2-3-19(37)32-16-10-15(11-29-12-16)17-13-31-25-20(21(17)27)24(35-36-25)26-33-18-6-9-30-22(23(18)34-26)14-4-7-28-8-5-14/h4-13H,2-3H2,1H3,(H,32,37)(H,33,34)(H,31,35,36). The first-order chi connectivity index (χ1) is 18.1. The van der Waals surface area contributed by atoms with Crippen LogP contribution in [0.25, 0.3) is 56.0 Å². The van der Waals surface area contributed by atoms with Crippen molar-refractivity contribution >= 4 is 33.7 Å². The molecule has 0 aromatic carbocycles. The van der Waals surface area contributed by atoms with E-state index in [-0.39, 0.29) is 22.5 Å². The van der Waals surface area contributed by atoms with Crippen molar-refractivity contribution < 1.29 is 9.18 Å². The normalized spacial score (nSPS) is 11.3. The molecule has 0 aliphatic rings. The Balaban J connectivity index is 1.44. The summed E-state index contributed by atoms with van der Waals surface area (Å²) in [7, 11) is 0. The summed E-state index contributed by atoms with van der Waals surface area (Å²) in [5.41, 5.74) is 4.65. The number of anilines is 1. The fraction of sp³-hybridized carbons (Fsp3) is 0.115. The lowest BCUT2D eigenvalue weighted by Crippen LogP contribution is -2.10. The Morgan fingerprint density at radius 1 is 1.00 bits per heavy atom. The van der Waals surface area contributed by atoms with Crippen molar-refractivity contribution in [3.05, 3.63) is 67.3 Å². The highest BCUT2D eigenvalue weighted by atomic mass is 19.1. The third kappa shape index (κ3) is 4.05.